The molecule has 6 rings (SSSR count). The molecular formula is C25H23N5O3S. The minimum absolute atomic E-state index is 0.105. The zero-order valence-electron chi connectivity index (χ0n) is 18.5. The van der Waals surface area contributed by atoms with Crippen LogP contribution >= 0.6 is 11.3 Å². The van der Waals surface area contributed by atoms with Crippen molar-refractivity contribution in [3.05, 3.63) is 65.5 Å². The molecule has 2 aromatic carbocycles. The molecule has 0 radical (unpaired) electrons. The lowest BCUT2D eigenvalue weighted by Crippen LogP contribution is -2.45. The third kappa shape index (κ3) is 3.52. The van der Waals surface area contributed by atoms with Gasteiger partial charge in [-0.05, 0) is 43.4 Å². The highest BCUT2D eigenvalue weighted by atomic mass is 32.1. The number of rotatable bonds is 5. The number of benzene rings is 2. The average molecular weight is 474 g/mol. The Morgan fingerprint density at radius 2 is 2.03 bits per heavy atom. The Balaban J connectivity index is 1.23. The van der Waals surface area contributed by atoms with Gasteiger partial charge in [0.15, 0.2) is 16.4 Å². The number of anilines is 1. The Labute approximate surface area is 199 Å². The number of nitrogens with one attached hydrogen (secondary N) is 1. The average Bonchev–Trinajstić information content (AvgIpc) is 3.17. The highest BCUT2D eigenvalue weighted by Gasteiger charge is 2.54. The highest BCUT2D eigenvalue weighted by molar-refractivity contribution is 7.19. The van der Waals surface area contributed by atoms with Crippen molar-refractivity contribution in [1.29, 1.82) is 0 Å². The summed E-state index contributed by atoms with van der Waals surface area (Å²) >= 11 is 1.33. The molecule has 2 aliphatic rings. The maximum absolute atomic E-state index is 13.7. The molecule has 3 N–H and O–H groups in total. The summed E-state index contributed by atoms with van der Waals surface area (Å²) in [6, 6.07) is 15.3. The maximum atomic E-state index is 13.7. The number of aryl methyl sites for hydroxylation is 1. The summed E-state index contributed by atoms with van der Waals surface area (Å²) in [5.41, 5.74) is 9.28. The van der Waals surface area contributed by atoms with Gasteiger partial charge >= 0.3 is 0 Å². The van der Waals surface area contributed by atoms with E-state index in [-0.39, 0.29) is 29.6 Å². The lowest BCUT2D eigenvalue weighted by atomic mass is 10.1. The number of nitrogen functional groups attached to an aromatic ring is 1. The second-order valence-electron chi connectivity index (χ2n) is 9.00. The van der Waals surface area contributed by atoms with Crippen LogP contribution in [-0.4, -0.2) is 45.5 Å². The number of fused-ring (bicyclic) bond motifs is 2. The molecule has 4 aromatic rings. The van der Waals surface area contributed by atoms with Gasteiger partial charge < -0.3 is 20.5 Å². The third-order valence-corrected chi connectivity index (χ3v) is 7.60. The molecule has 34 heavy (non-hydrogen) atoms. The first-order valence-corrected chi connectivity index (χ1v) is 12.1. The Morgan fingerprint density at radius 1 is 1.18 bits per heavy atom. The molecule has 1 saturated carbocycles. The van der Waals surface area contributed by atoms with Crippen molar-refractivity contribution in [3.63, 3.8) is 0 Å². The van der Waals surface area contributed by atoms with Crippen LogP contribution in [0.25, 0.3) is 21.4 Å². The standard InChI is InChI=1S/C25H23N5O3S/c1-13-5-4-6-14(9-13)22-21(28-25(26)34-22)24(32)30-16(10-15-11-18(15)30)12-27-23(31)20-17-7-2-3-8-19(17)33-29-20/h2-9,15-16,18H,10-12H2,1H3,(H2,26,28)(H,27,31)/t15?,16?,18-/m0/s1. The summed E-state index contributed by atoms with van der Waals surface area (Å²) in [5, 5.41) is 7.93. The SMILES string of the molecule is Cc1cccc(-c2sc(N)nc2C(=O)N2C(CNC(=O)c3noc4ccccc34)CC3C[C@@H]32)c1. The number of thiazole rings is 1. The van der Waals surface area contributed by atoms with Crippen LogP contribution in [0.3, 0.4) is 0 Å². The molecular weight excluding hydrogens is 450 g/mol. The van der Waals surface area contributed by atoms with E-state index in [0.29, 0.717) is 34.3 Å². The molecule has 2 aromatic heterocycles. The second-order valence-corrected chi connectivity index (χ2v) is 10.0. The number of aromatic nitrogens is 2. The molecule has 1 aliphatic carbocycles. The lowest BCUT2D eigenvalue weighted by Gasteiger charge is -2.27. The summed E-state index contributed by atoms with van der Waals surface area (Å²) in [6.45, 7) is 2.36. The van der Waals surface area contributed by atoms with Gasteiger partial charge in [0.25, 0.3) is 11.8 Å². The van der Waals surface area contributed by atoms with E-state index in [1.54, 1.807) is 12.1 Å². The van der Waals surface area contributed by atoms with Gasteiger partial charge in [0.2, 0.25) is 0 Å². The normalized spacial score (nSPS) is 21.0. The van der Waals surface area contributed by atoms with E-state index in [4.69, 9.17) is 10.3 Å². The van der Waals surface area contributed by atoms with Crippen molar-refractivity contribution in [2.24, 2.45) is 5.92 Å². The molecule has 2 fully saturated rings. The minimum Gasteiger partial charge on any atom is -0.375 e. The fourth-order valence-corrected chi connectivity index (χ4v) is 5.81. The molecule has 3 atom stereocenters. The molecule has 8 nitrogen and oxygen atoms in total. The van der Waals surface area contributed by atoms with Gasteiger partial charge in [0, 0.05) is 12.6 Å². The summed E-state index contributed by atoms with van der Waals surface area (Å²) in [5.74, 6) is 0.0361. The molecule has 1 aliphatic heterocycles. The zero-order valence-corrected chi connectivity index (χ0v) is 19.3. The Morgan fingerprint density at radius 3 is 2.88 bits per heavy atom. The summed E-state index contributed by atoms with van der Waals surface area (Å²) in [7, 11) is 0. The van der Waals surface area contributed by atoms with Gasteiger partial charge in [-0.3, -0.25) is 9.59 Å². The van der Waals surface area contributed by atoms with Crippen molar-refractivity contribution >= 4 is 39.3 Å². The highest BCUT2D eigenvalue weighted by Crippen LogP contribution is 2.49. The molecule has 2 unspecified atom stereocenters. The second kappa shape index (κ2) is 7.95. The van der Waals surface area contributed by atoms with Crippen LogP contribution < -0.4 is 11.1 Å². The van der Waals surface area contributed by atoms with Gasteiger partial charge in [-0.1, -0.05) is 58.5 Å². The van der Waals surface area contributed by atoms with Crippen molar-refractivity contribution in [2.75, 3.05) is 12.3 Å². The number of nitrogens with zero attached hydrogens (tertiary/aromatic N) is 3. The fraction of sp³-hybridized carbons (Fsp3) is 0.280. The van der Waals surface area contributed by atoms with Crippen LogP contribution in [0.15, 0.2) is 53.1 Å². The van der Waals surface area contributed by atoms with Gasteiger partial charge in [0.1, 0.15) is 5.69 Å². The van der Waals surface area contributed by atoms with Gasteiger partial charge in [-0.2, -0.15) is 0 Å². The van der Waals surface area contributed by atoms with Crippen LogP contribution in [0, 0.1) is 12.8 Å². The number of carbonyl (C=O) groups is 2. The number of likely N-dealkylation sites (tertiary alicyclic amines) is 1. The van der Waals surface area contributed by atoms with Gasteiger partial charge in [-0.15, -0.1) is 0 Å². The molecule has 0 spiro atoms. The number of piperidine rings is 1. The summed E-state index contributed by atoms with van der Waals surface area (Å²) < 4.78 is 5.25. The molecule has 3 heterocycles. The van der Waals surface area contributed by atoms with E-state index in [0.717, 1.165) is 28.8 Å². The smallest absolute Gasteiger partial charge is 0.274 e. The largest absolute Gasteiger partial charge is 0.375 e. The van der Waals surface area contributed by atoms with E-state index >= 15 is 0 Å². The number of carbonyl (C=O) groups excluding carboxylic acids is 2. The quantitative estimate of drug-likeness (QED) is 0.455. The lowest BCUT2D eigenvalue weighted by molar-refractivity contribution is 0.0684. The van der Waals surface area contributed by atoms with Crippen molar-refractivity contribution in [3.8, 4) is 10.4 Å². The number of para-hydroxylation sites is 1. The van der Waals surface area contributed by atoms with Gasteiger partial charge in [0.05, 0.1) is 16.3 Å². The predicted molar refractivity (Wildman–Crippen MR) is 130 cm³/mol. The number of hydrogen-bond acceptors (Lipinski definition) is 7. The predicted octanol–water partition coefficient (Wildman–Crippen LogP) is 3.87. The van der Waals surface area contributed by atoms with Crippen molar-refractivity contribution < 1.29 is 14.1 Å². The van der Waals surface area contributed by atoms with Crippen LogP contribution in [0.2, 0.25) is 0 Å². The van der Waals surface area contributed by atoms with Crippen LogP contribution in [0.1, 0.15) is 39.4 Å². The first-order valence-electron chi connectivity index (χ1n) is 11.3. The molecule has 1 saturated heterocycles. The van der Waals surface area contributed by atoms with Crippen LogP contribution in [-0.2, 0) is 0 Å². The van der Waals surface area contributed by atoms with Crippen molar-refractivity contribution in [1.82, 2.24) is 20.4 Å². The summed E-state index contributed by atoms with van der Waals surface area (Å²) in [6.07, 6.45) is 1.85. The summed E-state index contributed by atoms with van der Waals surface area (Å²) in [4.78, 5) is 33.6. The Bertz CT molecular complexity index is 1430. The third-order valence-electron chi connectivity index (χ3n) is 6.66. The Hall–Kier alpha value is -3.72. The van der Waals surface area contributed by atoms with Crippen LogP contribution in [0.5, 0.6) is 0 Å². The molecule has 2 amide bonds. The first-order chi connectivity index (χ1) is 16.5. The van der Waals surface area contributed by atoms with Crippen molar-refractivity contribution in [2.45, 2.75) is 31.8 Å². The van der Waals surface area contributed by atoms with Crippen LogP contribution in [0.4, 0.5) is 5.13 Å². The van der Waals surface area contributed by atoms with Gasteiger partial charge in [-0.25, -0.2) is 4.98 Å². The first kappa shape index (κ1) is 20.9. The number of hydrogen-bond donors (Lipinski definition) is 2. The topological polar surface area (TPSA) is 114 Å². The van der Waals surface area contributed by atoms with E-state index in [2.05, 4.69) is 15.5 Å². The fourth-order valence-electron chi connectivity index (χ4n) is 4.99. The zero-order chi connectivity index (χ0) is 23.4. The van der Waals surface area contributed by atoms with E-state index in [9.17, 15) is 9.59 Å². The number of amides is 2. The Kier molecular flexibility index (Phi) is 4.88. The van der Waals surface area contributed by atoms with E-state index < -0.39 is 0 Å². The molecule has 0 bridgehead atoms. The van der Waals surface area contributed by atoms with E-state index in [1.165, 1.54) is 11.3 Å². The molecule has 172 valence electrons. The maximum Gasteiger partial charge on any atom is 0.274 e. The minimum atomic E-state index is -0.309. The molecule has 9 heteroatoms. The van der Waals surface area contributed by atoms with E-state index in [1.807, 2.05) is 48.2 Å². The number of nitrogens with two attached hydrogens (primary N) is 1. The monoisotopic (exact) mass is 473 g/mol.